The van der Waals surface area contributed by atoms with Gasteiger partial charge in [-0.15, -0.1) is 11.3 Å². The molecule has 0 aliphatic heterocycles. The summed E-state index contributed by atoms with van der Waals surface area (Å²) in [5, 5.41) is 5.35. The predicted octanol–water partition coefficient (Wildman–Crippen LogP) is 3.77. The first-order valence-corrected chi connectivity index (χ1v) is 7.35. The van der Waals surface area contributed by atoms with E-state index in [1.165, 1.54) is 11.3 Å². The molecule has 104 valence electrons. The Balaban J connectivity index is 1.80. The first kappa shape index (κ1) is 13.5. The summed E-state index contributed by atoms with van der Waals surface area (Å²) in [7, 11) is 0. The van der Waals surface area contributed by atoms with E-state index in [1.54, 1.807) is 24.5 Å². The van der Waals surface area contributed by atoms with Crippen molar-refractivity contribution < 1.29 is 4.79 Å². The molecule has 1 N–H and O–H groups in total. The van der Waals surface area contributed by atoms with Gasteiger partial charge in [0.2, 0.25) is 0 Å². The number of amides is 1. The highest BCUT2D eigenvalue weighted by Gasteiger charge is 2.10. The Morgan fingerprint density at radius 1 is 1.14 bits per heavy atom. The van der Waals surface area contributed by atoms with Crippen LogP contribution in [0.25, 0.3) is 11.3 Å². The summed E-state index contributed by atoms with van der Waals surface area (Å²) >= 11 is 1.42. The van der Waals surface area contributed by atoms with Gasteiger partial charge in [-0.25, -0.2) is 4.98 Å². The van der Waals surface area contributed by atoms with E-state index in [1.807, 2.05) is 36.6 Å². The van der Waals surface area contributed by atoms with Gasteiger partial charge in [-0.3, -0.25) is 15.1 Å². The van der Waals surface area contributed by atoms with E-state index in [0.717, 1.165) is 16.8 Å². The summed E-state index contributed by atoms with van der Waals surface area (Å²) in [6.07, 6.45) is 3.19. The molecule has 1 aromatic carbocycles. The van der Waals surface area contributed by atoms with Crippen LogP contribution >= 0.6 is 11.3 Å². The molecule has 0 bridgehead atoms. The van der Waals surface area contributed by atoms with Crippen molar-refractivity contribution in [3.63, 3.8) is 0 Å². The summed E-state index contributed by atoms with van der Waals surface area (Å²) in [6, 6.07) is 11.4. The maximum absolute atomic E-state index is 12.1. The molecule has 3 rings (SSSR count). The fourth-order valence-electron chi connectivity index (χ4n) is 1.99. The van der Waals surface area contributed by atoms with E-state index in [0.29, 0.717) is 10.7 Å². The molecule has 0 atom stereocenters. The van der Waals surface area contributed by atoms with Gasteiger partial charge in [0, 0.05) is 28.9 Å². The van der Waals surface area contributed by atoms with Crippen molar-refractivity contribution in [2.45, 2.75) is 6.92 Å². The standard InChI is InChI=1S/C16H13N3OS/c1-11-4-2-3-5-13(11)14-10-21-16(18-14)19-15(20)12-6-8-17-9-7-12/h2-10H,1H3,(H,18,19,20). The minimum Gasteiger partial charge on any atom is -0.298 e. The highest BCUT2D eigenvalue weighted by Crippen LogP contribution is 2.27. The maximum atomic E-state index is 12.1. The number of pyridine rings is 1. The van der Waals surface area contributed by atoms with Crippen molar-refractivity contribution in [1.29, 1.82) is 0 Å². The molecule has 0 unspecified atom stereocenters. The molecule has 0 fully saturated rings. The number of carbonyl (C=O) groups excluding carboxylic acids is 1. The zero-order valence-corrected chi connectivity index (χ0v) is 12.2. The number of aryl methyl sites for hydroxylation is 1. The number of benzene rings is 1. The number of nitrogens with zero attached hydrogens (tertiary/aromatic N) is 2. The molecule has 4 nitrogen and oxygen atoms in total. The average molecular weight is 295 g/mol. The Morgan fingerprint density at radius 3 is 2.67 bits per heavy atom. The molecule has 1 amide bonds. The molecule has 0 saturated carbocycles. The molecule has 0 saturated heterocycles. The fraction of sp³-hybridized carbons (Fsp3) is 0.0625. The maximum Gasteiger partial charge on any atom is 0.257 e. The number of nitrogens with one attached hydrogen (secondary N) is 1. The number of rotatable bonds is 3. The van der Waals surface area contributed by atoms with E-state index in [-0.39, 0.29) is 5.91 Å². The fourth-order valence-corrected chi connectivity index (χ4v) is 2.69. The van der Waals surface area contributed by atoms with Crippen molar-refractivity contribution in [2.75, 3.05) is 5.32 Å². The number of aromatic nitrogens is 2. The first-order valence-electron chi connectivity index (χ1n) is 6.47. The molecule has 0 spiro atoms. The number of anilines is 1. The third kappa shape index (κ3) is 2.98. The average Bonchev–Trinajstić information content (AvgIpc) is 2.97. The van der Waals surface area contributed by atoms with Crippen molar-refractivity contribution in [2.24, 2.45) is 0 Å². The zero-order chi connectivity index (χ0) is 14.7. The summed E-state index contributed by atoms with van der Waals surface area (Å²) in [5.74, 6) is -0.178. The Labute approximate surface area is 126 Å². The van der Waals surface area contributed by atoms with Crippen LogP contribution in [0.5, 0.6) is 0 Å². The predicted molar refractivity (Wildman–Crippen MR) is 84.5 cm³/mol. The summed E-state index contributed by atoms with van der Waals surface area (Å²) in [6.45, 7) is 2.05. The van der Waals surface area contributed by atoms with Gasteiger partial charge in [-0.05, 0) is 24.6 Å². The molecule has 21 heavy (non-hydrogen) atoms. The van der Waals surface area contributed by atoms with Gasteiger partial charge in [0.15, 0.2) is 5.13 Å². The lowest BCUT2D eigenvalue weighted by Gasteiger charge is -2.02. The largest absolute Gasteiger partial charge is 0.298 e. The number of hydrogen-bond acceptors (Lipinski definition) is 4. The zero-order valence-electron chi connectivity index (χ0n) is 11.4. The minimum atomic E-state index is -0.178. The lowest BCUT2D eigenvalue weighted by Crippen LogP contribution is -2.11. The van der Waals surface area contributed by atoms with Gasteiger partial charge < -0.3 is 0 Å². The molecule has 2 aromatic heterocycles. The monoisotopic (exact) mass is 295 g/mol. The SMILES string of the molecule is Cc1ccccc1-c1csc(NC(=O)c2ccncc2)n1. The highest BCUT2D eigenvalue weighted by atomic mass is 32.1. The first-order chi connectivity index (χ1) is 10.2. The lowest BCUT2D eigenvalue weighted by molar-refractivity contribution is 0.102. The highest BCUT2D eigenvalue weighted by molar-refractivity contribution is 7.14. The molecule has 0 radical (unpaired) electrons. The Hall–Kier alpha value is -2.53. The number of thiazole rings is 1. The normalized spacial score (nSPS) is 10.3. The van der Waals surface area contributed by atoms with Gasteiger partial charge in [-0.1, -0.05) is 24.3 Å². The van der Waals surface area contributed by atoms with E-state index < -0.39 is 0 Å². The summed E-state index contributed by atoms with van der Waals surface area (Å²) < 4.78 is 0. The molecule has 0 aliphatic carbocycles. The molecular formula is C16H13N3OS. The Morgan fingerprint density at radius 2 is 1.90 bits per heavy atom. The quantitative estimate of drug-likeness (QED) is 0.800. The summed E-state index contributed by atoms with van der Waals surface area (Å²) in [4.78, 5) is 20.4. The van der Waals surface area contributed by atoms with Crippen molar-refractivity contribution in [1.82, 2.24) is 9.97 Å². The Bertz CT molecular complexity index is 768. The number of carbonyl (C=O) groups is 1. The smallest absolute Gasteiger partial charge is 0.257 e. The van der Waals surface area contributed by atoms with Crippen LogP contribution in [0.1, 0.15) is 15.9 Å². The third-order valence-electron chi connectivity index (χ3n) is 3.09. The lowest BCUT2D eigenvalue weighted by atomic mass is 10.1. The van der Waals surface area contributed by atoms with Gasteiger partial charge >= 0.3 is 0 Å². The van der Waals surface area contributed by atoms with Crippen molar-refractivity contribution in [3.05, 3.63) is 65.3 Å². The van der Waals surface area contributed by atoms with E-state index in [2.05, 4.69) is 15.3 Å². The van der Waals surface area contributed by atoms with Gasteiger partial charge in [0.05, 0.1) is 5.69 Å². The van der Waals surface area contributed by atoms with Crippen LogP contribution in [0.4, 0.5) is 5.13 Å². The molecular weight excluding hydrogens is 282 g/mol. The second kappa shape index (κ2) is 5.85. The summed E-state index contributed by atoms with van der Waals surface area (Å²) in [5.41, 5.74) is 3.69. The molecule has 0 aliphatic rings. The van der Waals surface area contributed by atoms with Gasteiger partial charge in [0.25, 0.3) is 5.91 Å². The second-order valence-corrected chi connectivity index (χ2v) is 5.40. The molecule has 5 heteroatoms. The van der Waals surface area contributed by atoms with Crippen molar-refractivity contribution in [3.8, 4) is 11.3 Å². The number of hydrogen-bond donors (Lipinski definition) is 1. The minimum absolute atomic E-state index is 0.178. The Kier molecular flexibility index (Phi) is 3.75. The van der Waals surface area contributed by atoms with E-state index >= 15 is 0 Å². The van der Waals surface area contributed by atoms with Crippen molar-refractivity contribution >= 4 is 22.4 Å². The second-order valence-electron chi connectivity index (χ2n) is 4.54. The van der Waals surface area contributed by atoms with Gasteiger partial charge in [-0.2, -0.15) is 0 Å². The van der Waals surface area contributed by atoms with Crippen LogP contribution in [0.3, 0.4) is 0 Å². The van der Waals surface area contributed by atoms with Gasteiger partial charge in [0.1, 0.15) is 0 Å². The van der Waals surface area contributed by atoms with Crippen LogP contribution in [-0.4, -0.2) is 15.9 Å². The third-order valence-corrected chi connectivity index (χ3v) is 3.85. The molecule has 3 aromatic rings. The van der Waals surface area contributed by atoms with E-state index in [9.17, 15) is 4.79 Å². The van der Waals surface area contributed by atoms with E-state index in [4.69, 9.17) is 0 Å². The molecule has 2 heterocycles. The van der Waals surface area contributed by atoms with Crippen LogP contribution in [0.15, 0.2) is 54.2 Å². The van der Waals surface area contributed by atoms with Crippen LogP contribution in [0.2, 0.25) is 0 Å². The van der Waals surface area contributed by atoms with Crippen LogP contribution in [-0.2, 0) is 0 Å². The van der Waals surface area contributed by atoms with Crippen LogP contribution < -0.4 is 5.32 Å². The van der Waals surface area contributed by atoms with Crippen LogP contribution in [0, 0.1) is 6.92 Å². The topological polar surface area (TPSA) is 54.9 Å².